The normalized spacial score (nSPS) is 19.9. The summed E-state index contributed by atoms with van der Waals surface area (Å²) < 4.78 is 37.0. The number of hydrogen-bond donors (Lipinski definition) is 1. The van der Waals surface area contributed by atoms with E-state index in [1.807, 2.05) is 12.3 Å². The van der Waals surface area contributed by atoms with E-state index in [2.05, 4.69) is 17.2 Å². The van der Waals surface area contributed by atoms with Crippen molar-refractivity contribution in [3.63, 3.8) is 0 Å². The Hall–Kier alpha value is -0.660. The van der Waals surface area contributed by atoms with Crippen LogP contribution >= 0.6 is 11.3 Å². The second-order valence-corrected chi connectivity index (χ2v) is 6.82. The molecule has 0 amide bonds. The van der Waals surface area contributed by atoms with Crippen molar-refractivity contribution in [2.45, 2.75) is 45.5 Å². The number of alkyl halides is 3. The van der Waals surface area contributed by atoms with E-state index in [9.17, 15) is 13.2 Å². The second-order valence-electron chi connectivity index (χ2n) is 5.76. The van der Waals surface area contributed by atoms with Crippen LogP contribution < -0.4 is 5.32 Å². The molecule has 0 bridgehead atoms. The summed E-state index contributed by atoms with van der Waals surface area (Å²) in [6.45, 7) is 5.11. The lowest BCUT2D eigenvalue weighted by Gasteiger charge is -2.35. The fourth-order valence-corrected chi connectivity index (χ4v) is 3.40. The summed E-state index contributed by atoms with van der Waals surface area (Å²) in [5.74, 6) is 0.439. The van der Waals surface area contributed by atoms with Crippen molar-refractivity contribution in [3.05, 3.63) is 16.1 Å². The lowest BCUT2D eigenvalue weighted by atomic mass is 9.90. The highest BCUT2D eigenvalue weighted by atomic mass is 32.1. The number of aromatic nitrogens is 1. The Kier molecular flexibility index (Phi) is 5.62. The van der Waals surface area contributed by atoms with Crippen LogP contribution in [0.2, 0.25) is 0 Å². The zero-order valence-corrected chi connectivity index (χ0v) is 13.2. The Balaban J connectivity index is 1.71. The van der Waals surface area contributed by atoms with Gasteiger partial charge in [0.1, 0.15) is 0 Å². The van der Waals surface area contributed by atoms with Crippen LogP contribution in [0, 0.1) is 12.8 Å². The van der Waals surface area contributed by atoms with Crippen LogP contribution in [0.25, 0.3) is 0 Å². The molecule has 1 atom stereocenters. The van der Waals surface area contributed by atoms with E-state index >= 15 is 0 Å². The van der Waals surface area contributed by atoms with E-state index in [-0.39, 0.29) is 0 Å². The third-order valence-electron chi connectivity index (χ3n) is 4.01. The van der Waals surface area contributed by atoms with Gasteiger partial charge in [-0.3, -0.25) is 4.90 Å². The molecule has 120 valence electrons. The largest absolute Gasteiger partial charge is 0.401 e. The molecule has 3 nitrogen and oxygen atoms in total. The SMILES string of the molecule is Cc1nc(CNC(C)C2CCN(CC(F)(F)F)CC2)cs1. The Labute approximate surface area is 127 Å². The number of nitrogens with zero attached hydrogens (tertiary/aromatic N) is 2. The summed E-state index contributed by atoms with van der Waals surface area (Å²) in [6.07, 6.45) is -2.44. The number of piperidine rings is 1. The number of halogens is 3. The molecule has 0 radical (unpaired) electrons. The summed E-state index contributed by atoms with van der Waals surface area (Å²) in [7, 11) is 0. The average molecular weight is 321 g/mol. The quantitative estimate of drug-likeness (QED) is 0.903. The lowest BCUT2D eigenvalue weighted by Crippen LogP contribution is -2.44. The van der Waals surface area contributed by atoms with Crippen LogP contribution in [0.3, 0.4) is 0 Å². The van der Waals surface area contributed by atoms with E-state index in [4.69, 9.17) is 0 Å². The fraction of sp³-hybridized carbons (Fsp3) is 0.786. The highest BCUT2D eigenvalue weighted by Gasteiger charge is 2.33. The second kappa shape index (κ2) is 7.07. The maximum absolute atomic E-state index is 12.3. The predicted molar refractivity (Wildman–Crippen MR) is 78.4 cm³/mol. The Morgan fingerprint density at radius 1 is 1.43 bits per heavy atom. The fourth-order valence-electron chi connectivity index (χ4n) is 2.79. The maximum atomic E-state index is 12.3. The summed E-state index contributed by atoms with van der Waals surface area (Å²) in [5.41, 5.74) is 1.04. The van der Waals surface area contributed by atoms with Crippen LogP contribution in [0.5, 0.6) is 0 Å². The maximum Gasteiger partial charge on any atom is 0.401 e. The monoisotopic (exact) mass is 321 g/mol. The van der Waals surface area contributed by atoms with Crippen molar-refractivity contribution in [3.8, 4) is 0 Å². The molecule has 0 aliphatic carbocycles. The molecule has 0 spiro atoms. The molecular formula is C14H22F3N3S. The highest BCUT2D eigenvalue weighted by molar-refractivity contribution is 7.09. The van der Waals surface area contributed by atoms with E-state index in [1.165, 1.54) is 4.90 Å². The third kappa shape index (κ3) is 5.56. The van der Waals surface area contributed by atoms with Gasteiger partial charge < -0.3 is 5.32 Å². The van der Waals surface area contributed by atoms with Gasteiger partial charge in [-0.25, -0.2) is 4.98 Å². The van der Waals surface area contributed by atoms with Crippen LogP contribution in [-0.4, -0.2) is 41.7 Å². The predicted octanol–water partition coefficient (Wildman–Crippen LogP) is 3.20. The van der Waals surface area contributed by atoms with Crippen LogP contribution in [0.1, 0.15) is 30.5 Å². The topological polar surface area (TPSA) is 28.2 Å². The molecule has 1 aromatic rings. The summed E-state index contributed by atoms with van der Waals surface area (Å²) in [6, 6.07) is 0.306. The first kappa shape index (κ1) is 16.7. The molecule has 1 unspecified atom stereocenters. The summed E-state index contributed by atoms with van der Waals surface area (Å²) in [5, 5.41) is 6.55. The smallest absolute Gasteiger partial charge is 0.308 e. The van der Waals surface area contributed by atoms with Gasteiger partial charge >= 0.3 is 6.18 Å². The molecule has 1 fully saturated rings. The number of likely N-dealkylation sites (tertiary alicyclic amines) is 1. The van der Waals surface area contributed by atoms with Gasteiger partial charge in [-0.15, -0.1) is 11.3 Å². The highest BCUT2D eigenvalue weighted by Crippen LogP contribution is 2.24. The molecule has 7 heteroatoms. The van der Waals surface area contributed by atoms with Crippen molar-refractivity contribution in [2.75, 3.05) is 19.6 Å². The Bertz CT molecular complexity index is 439. The molecule has 1 aliphatic heterocycles. The zero-order chi connectivity index (χ0) is 15.5. The van der Waals surface area contributed by atoms with Crippen molar-refractivity contribution >= 4 is 11.3 Å². The molecule has 2 heterocycles. The minimum Gasteiger partial charge on any atom is -0.308 e. The molecule has 0 saturated carbocycles. The number of nitrogens with one attached hydrogen (secondary N) is 1. The van der Waals surface area contributed by atoms with E-state index < -0.39 is 12.7 Å². The Morgan fingerprint density at radius 2 is 2.10 bits per heavy atom. The summed E-state index contributed by atoms with van der Waals surface area (Å²) >= 11 is 1.63. The molecule has 2 rings (SSSR count). The van der Waals surface area contributed by atoms with Gasteiger partial charge in [0, 0.05) is 18.0 Å². The zero-order valence-electron chi connectivity index (χ0n) is 12.4. The van der Waals surface area contributed by atoms with Crippen molar-refractivity contribution in [1.29, 1.82) is 0 Å². The molecule has 1 aromatic heterocycles. The molecule has 0 aromatic carbocycles. The van der Waals surface area contributed by atoms with Crippen molar-refractivity contribution in [1.82, 2.24) is 15.2 Å². The lowest BCUT2D eigenvalue weighted by molar-refractivity contribution is -0.148. The number of aryl methyl sites for hydroxylation is 1. The van der Waals surface area contributed by atoms with E-state index in [1.54, 1.807) is 11.3 Å². The minimum atomic E-state index is -4.08. The van der Waals surface area contributed by atoms with Gasteiger partial charge in [0.2, 0.25) is 0 Å². The van der Waals surface area contributed by atoms with Gasteiger partial charge in [-0.1, -0.05) is 0 Å². The number of hydrogen-bond acceptors (Lipinski definition) is 4. The first-order valence-electron chi connectivity index (χ1n) is 7.27. The van der Waals surface area contributed by atoms with E-state index in [0.717, 1.165) is 30.1 Å². The molecule has 1 saturated heterocycles. The number of thiazole rings is 1. The van der Waals surface area contributed by atoms with Crippen LogP contribution in [-0.2, 0) is 6.54 Å². The first-order chi connectivity index (χ1) is 9.83. The van der Waals surface area contributed by atoms with Gasteiger partial charge in [-0.2, -0.15) is 13.2 Å². The van der Waals surface area contributed by atoms with Gasteiger partial charge in [-0.05, 0) is 45.7 Å². The molecule has 21 heavy (non-hydrogen) atoms. The standard InChI is InChI=1S/C14H22F3N3S/c1-10(18-7-13-8-21-11(2)19-13)12-3-5-20(6-4-12)9-14(15,16)17/h8,10,12,18H,3-7,9H2,1-2H3. The third-order valence-corrected chi connectivity index (χ3v) is 4.84. The van der Waals surface area contributed by atoms with Gasteiger partial charge in [0.25, 0.3) is 0 Å². The Morgan fingerprint density at radius 3 is 2.62 bits per heavy atom. The van der Waals surface area contributed by atoms with Gasteiger partial charge in [0.05, 0.1) is 17.2 Å². The number of rotatable bonds is 5. The first-order valence-corrected chi connectivity index (χ1v) is 8.15. The van der Waals surface area contributed by atoms with Crippen LogP contribution in [0.4, 0.5) is 13.2 Å². The minimum absolute atomic E-state index is 0.306. The van der Waals surface area contributed by atoms with E-state index in [0.29, 0.717) is 25.0 Å². The molecular weight excluding hydrogens is 299 g/mol. The van der Waals surface area contributed by atoms with Crippen LogP contribution in [0.15, 0.2) is 5.38 Å². The molecule has 1 aliphatic rings. The average Bonchev–Trinajstić information content (AvgIpc) is 2.81. The summed E-state index contributed by atoms with van der Waals surface area (Å²) in [4.78, 5) is 5.91. The van der Waals surface area contributed by atoms with Gasteiger partial charge in [0.15, 0.2) is 0 Å². The van der Waals surface area contributed by atoms with Crippen molar-refractivity contribution < 1.29 is 13.2 Å². The van der Waals surface area contributed by atoms with Crippen molar-refractivity contribution in [2.24, 2.45) is 5.92 Å². The molecule has 1 N–H and O–H groups in total.